The van der Waals surface area contributed by atoms with Crippen molar-refractivity contribution in [2.75, 3.05) is 26.2 Å². The van der Waals surface area contributed by atoms with Gasteiger partial charge in [-0.3, -0.25) is 4.79 Å². The topological polar surface area (TPSA) is 54.5 Å². The molecule has 5 nitrogen and oxygen atoms in total. The molecule has 2 heterocycles. The summed E-state index contributed by atoms with van der Waals surface area (Å²) < 4.78 is 40.5. The smallest absolute Gasteiger partial charge is 0.422 e. The van der Waals surface area contributed by atoms with Gasteiger partial charge in [0.25, 0.3) is 5.91 Å². The molecule has 1 saturated heterocycles. The standard InChI is InChI=1S/C13H16F3N3O2/c1-9-7-19(5-4-17-9)12(20)10-2-3-11(18-6-10)21-8-13(14,15)16/h2-3,6,9,17H,4-5,7-8H2,1H3. The highest BCUT2D eigenvalue weighted by molar-refractivity contribution is 5.94. The molecule has 0 bridgehead atoms. The lowest BCUT2D eigenvalue weighted by molar-refractivity contribution is -0.154. The van der Waals surface area contributed by atoms with Gasteiger partial charge in [-0.05, 0) is 13.0 Å². The molecule has 8 heteroatoms. The van der Waals surface area contributed by atoms with Crippen LogP contribution in [-0.4, -0.2) is 54.3 Å². The van der Waals surface area contributed by atoms with Crippen LogP contribution in [0.1, 0.15) is 17.3 Å². The molecule has 2 rings (SSSR count). The van der Waals surface area contributed by atoms with E-state index in [4.69, 9.17) is 0 Å². The third-order valence-electron chi connectivity index (χ3n) is 3.02. The lowest BCUT2D eigenvalue weighted by Crippen LogP contribution is -2.51. The Bertz CT molecular complexity index is 490. The number of nitrogens with zero attached hydrogens (tertiary/aromatic N) is 2. The summed E-state index contributed by atoms with van der Waals surface area (Å²) >= 11 is 0. The summed E-state index contributed by atoms with van der Waals surface area (Å²) in [4.78, 5) is 17.6. The number of pyridine rings is 1. The first kappa shape index (κ1) is 15.6. The molecule has 1 unspecified atom stereocenters. The van der Waals surface area contributed by atoms with Crippen LogP contribution in [0, 0.1) is 0 Å². The van der Waals surface area contributed by atoms with E-state index < -0.39 is 12.8 Å². The average molecular weight is 303 g/mol. The van der Waals surface area contributed by atoms with Crippen LogP contribution in [0.5, 0.6) is 5.88 Å². The molecule has 0 saturated carbocycles. The number of rotatable bonds is 3. The van der Waals surface area contributed by atoms with Crippen molar-refractivity contribution >= 4 is 5.91 Å². The van der Waals surface area contributed by atoms with Crippen LogP contribution in [0.3, 0.4) is 0 Å². The molecule has 116 valence electrons. The summed E-state index contributed by atoms with van der Waals surface area (Å²) in [5.41, 5.74) is 0.337. The first-order valence-corrected chi connectivity index (χ1v) is 6.53. The molecule has 1 N–H and O–H groups in total. The number of hydrogen-bond acceptors (Lipinski definition) is 4. The lowest BCUT2D eigenvalue weighted by atomic mass is 10.2. The average Bonchev–Trinajstić information content (AvgIpc) is 2.44. The highest BCUT2D eigenvalue weighted by Crippen LogP contribution is 2.17. The Morgan fingerprint density at radius 1 is 1.52 bits per heavy atom. The molecule has 0 aromatic carbocycles. The zero-order valence-corrected chi connectivity index (χ0v) is 11.5. The van der Waals surface area contributed by atoms with E-state index in [1.165, 1.54) is 18.3 Å². The minimum absolute atomic E-state index is 0.155. The fourth-order valence-corrected chi connectivity index (χ4v) is 2.05. The van der Waals surface area contributed by atoms with E-state index in [1.54, 1.807) is 4.90 Å². The summed E-state index contributed by atoms with van der Waals surface area (Å²) in [5, 5.41) is 3.22. The van der Waals surface area contributed by atoms with E-state index >= 15 is 0 Å². The third-order valence-corrected chi connectivity index (χ3v) is 3.02. The fourth-order valence-electron chi connectivity index (χ4n) is 2.05. The van der Waals surface area contributed by atoms with E-state index in [2.05, 4.69) is 15.0 Å². The van der Waals surface area contributed by atoms with Crippen molar-refractivity contribution in [1.82, 2.24) is 15.2 Å². The number of hydrogen-bond donors (Lipinski definition) is 1. The molecule has 1 aromatic heterocycles. The van der Waals surface area contributed by atoms with Crippen LogP contribution < -0.4 is 10.1 Å². The molecule has 1 aliphatic heterocycles. The number of ether oxygens (including phenoxy) is 1. The minimum atomic E-state index is -4.41. The zero-order valence-electron chi connectivity index (χ0n) is 11.5. The van der Waals surface area contributed by atoms with Gasteiger partial charge in [-0.25, -0.2) is 4.98 Å². The molecular weight excluding hydrogens is 287 g/mol. The first-order chi connectivity index (χ1) is 9.85. The van der Waals surface area contributed by atoms with Crippen LogP contribution in [-0.2, 0) is 0 Å². The van der Waals surface area contributed by atoms with Gasteiger partial charge in [0.15, 0.2) is 6.61 Å². The van der Waals surface area contributed by atoms with Crippen LogP contribution in [0.25, 0.3) is 0 Å². The van der Waals surface area contributed by atoms with Crippen molar-refractivity contribution in [2.24, 2.45) is 0 Å². The third kappa shape index (κ3) is 4.59. The highest BCUT2D eigenvalue weighted by atomic mass is 19.4. The van der Waals surface area contributed by atoms with Crippen LogP contribution in [0.15, 0.2) is 18.3 Å². The van der Waals surface area contributed by atoms with Crippen molar-refractivity contribution in [3.05, 3.63) is 23.9 Å². The Balaban J connectivity index is 1.96. The van der Waals surface area contributed by atoms with E-state index in [1.807, 2.05) is 6.92 Å². The summed E-state index contributed by atoms with van der Waals surface area (Å²) in [6.07, 6.45) is -3.17. The van der Waals surface area contributed by atoms with E-state index in [9.17, 15) is 18.0 Å². The molecule has 0 radical (unpaired) electrons. The lowest BCUT2D eigenvalue weighted by Gasteiger charge is -2.31. The van der Waals surface area contributed by atoms with Gasteiger partial charge < -0.3 is 15.0 Å². The zero-order chi connectivity index (χ0) is 15.5. The maximum absolute atomic E-state index is 12.2. The van der Waals surface area contributed by atoms with Gasteiger partial charge in [0, 0.05) is 37.9 Å². The fraction of sp³-hybridized carbons (Fsp3) is 0.538. The maximum atomic E-state index is 12.2. The summed E-state index contributed by atoms with van der Waals surface area (Å²) in [7, 11) is 0. The monoisotopic (exact) mass is 303 g/mol. The molecule has 1 fully saturated rings. The Kier molecular flexibility index (Phi) is 4.66. The summed E-state index contributed by atoms with van der Waals surface area (Å²) in [5.74, 6) is -0.337. The predicted octanol–water partition coefficient (Wildman–Crippen LogP) is 1.46. The van der Waals surface area contributed by atoms with Crippen LogP contribution in [0.4, 0.5) is 13.2 Å². The highest BCUT2D eigenvalue weighted by Gasteiger charge is 2.28. The molecule has 21 heavy (non-hydrogen) atoms. The van der Waals surface area contributed by atoms with Crippen LogP contribution >= 0.6 is 0 Å². The molecule has 0 aliphatic carbocycles. The Morgan fingerprint density at radius 3 is 2.86 bits per heavy atom. The van der Waals surface area contributed by atoms with Gasteiger partial charge in [0.05, 0.1) is 5.56 Å². The Hall–Kier alpha value is -1.83. The number of carbonyl (C=O) groups excluding carboxylic acids is 1. The normalized spacial score (nSPS) is 19.4. The van der Waals surface area contributed by atoms with E-state index in [0.717, 1.165) is 0 Å². The quantitative estimate of drug-likeness (QED) is 0.918. The Labute approximate surface area is 120 Å². The molecule has 1 aliphatic rings. The van der Waals surface area contributed by atoms with Crippen molar-refractivity contribution in [3.63, 3.8) is 0 Å². The van der Waals surface area contributed by atoms with Crippen molar-refractivity contribution in [2.45, 2.75) is 19.1 Å². The molecule has 0 spiro atoms. The predicted molar refractivity (Wildman–Crippen MR) is 69.2 cm³/mol. The number of piperazine rings is 1. The second-order valence-corrected chi connectivity index (χ2v) is 4.90. The second-order valence-electron chi connectivity index (χ2n) is 4.90. The second kappa shape index (κ2) is 6.30. The SMILES string of the molecule is CC1CN(C(=O)c2ccc(OCC(F)(F)F)nc2)CCN1. The number of halogens is 3. The van der Waals surface area contributed by atoms with Gasteiger partial charge in [-0.1, -0.05) is 0 Å². The van der Waals surface area contributed by atoms with Gasteiger partial charge in [0.1, 0.15) is 0 Å². The van der Waals surface area contributed by atoms with Gasteiger partial charge in [-0.2, -0.15) is 13.2 Å². The van der Waals surface area contributed by atoms with Gasteiger partial charge in [-0.15, -0.1) is 0 Å². The van der Waals surface area contributed by atoms with Crippen LogP contribution in [0.2, 0.25) is 0 Å². The molecule has 1 amide bonds. The number of alkyl halides is 3. The minimum Gasteiger partial charge on any atom is -0.468 e. The molecule has 1 atom stereocenters. The largest absolute Gasteiger partial charge is 0.468 e. The van der Waals surface area contributed by atoms with Crippen molar-refractivity contribution in [3.8, 4) is 5.88 Å². The number of nitrogens with one attached hydrogen (secondary N) is 1. The Morgan fingerprint density at radius 2 is 2.29 bits per heavy atom. The first-order valence-electron chi connectivity index (χ1n) is 6.53. The molecule has 1 aromatic rings. The summed E-state index contributed by atoms with van der Waals surface area (Å²) in [6.45, 7) is 2.47. The number of amides is 1. The van der Waals surface area contributed by atoms with Crippen molar-refractivity contribution < 1.29 is 22.7 Å². The molecular formula is C13H16F3N3O2. The van der Waals surface area contributed by atoms with Gasteiger partial charge in [0.2, 0.25) is 5.88 Å². The summed E-state index contributed by atoms with van der Waals surface area (Å²) in [6, 6.07) is 2.91. The van der Waals surface area contributed by atoms with Crippen molar-refractivity contribution in [1.29, 1.82) is 0 Å². The number of carbonyl (C=O) groups is 1. The maximum Gasteiger partial charge on any atom is 0.422 e. The number of aromatic nitrogens is 1. The van der Waals surface area contributed by atoms with E-state index in [0.29, 0.717) is 25.2 Å². The van der Waals surface area contributed by atoms with Gasteiger partial charge >= 0.3 is 6.18 Å². The van der Waals surface area contributed by atoms with E-state index in [-0.39, 0.29) is 17.8 Å².